The number of pyridine rings is 1. The Morgan fingerprint density at radius 1 is 1.28 bits per heavy atom. The molecule has 0 bridgehead atoms. The van der Waals surface area contributed by atoms with Crippen molar-refractivity contribution >= 4 is 0 Å². The molecule has 94 valence electrons. The van der Waals surface area contributed by atoms with Crippen LogP contribution in [-0.2, 0) is 6.54 Å². The van der Waals surface area contributed by atoms with Gasteiger partial charge in [0.15, 0.2) is 0 Å². The SMILES string of the molecule is Cc1ccc(CN[C@@H](C)c2cccc(F)c2)nc1. The van der Waals surface area contributed by atoms with Gasteiger partial charge in [-0.15, -0.1) is 0 Å². The van der Waals surface area contributed by atoms with E-state index in [9.17, 15) is 4.39 Å². The maximum Gasteiger partial charge on any atom is 0.123 e. The summed E-state index contributed by atoms with van der Waals surface area (Å²) < 4.78 is 13.1. The topological polar surface area (TPSA) is 24.9 Å². The van der Waals surface area contributed by atoms with Gasteiger partial charge in [0.25, 0.3) is 0 Å². The van der Waals surface area contributed by atoms with Crippen molar-refractivity contribution in [2.24, 2.45) is 0 Å². The lowest BCUT2D eigenvalue weighted by atomic mass is 10.1. The van der Waals surface area contributed by atoms with Gasteiger partial charge >= 0.3 is 0 Å². The summed E-state index contributed by atoms with van der Waals surface area (Å²) in [6.07, 6.45) is 1.85. The molecule has 1 aromatic heterocycles. The molecule has 1 heterocycles. The lowest BCUT2D eigenvalue weighted by molar-refractivity contribution is 0.559. The highest BCUT2D eigenvalue weighted by Gasteiger charge is 2.05. The summed E-state index contributed by atoms with van der Waals surface area (Å²) in [5.74, 6) is -0.199. The molecule has 2 aromatic rings. The van der Waals surface area contributed by atoms with Crippen LogP contribution in [0.25, 0.3) is 0 Å². The fourth-order valence-corrected chi connectivity index (χ4v) is 1.75. The number of halogens is 1. The van der Waals surface area contributed by atoms with E-state index < -0.39 is 0 Å². The van der Waals surface area contributed by atoms with Crippen molar-refractivity contribution < 1.29 is 4.39 Å². The van der Waals surface area contributed by atoms with Gasteiger partial charge in [-0.2, -0.15) is 0 Å². The summed E-state index contributed by atoms with van der Waals surface area (Å²) in [6.45, 7) is 4.71. The van der Waals surface area contributed by atoms with E-state index in [2.05, 4.69) is 10.3 Å². The first-order chi connectivity index (χ1) is 8.65. The van der Waals surface area contributed by atoms with Crippen LogP contribution in [0.4, 0.5) is 4.39 Å². The molecule has 1 atom stereocenters. The van der Waals surface area contributed by atoms with Gasteiger partial charge in [0.05, 0.1) is 5.69 Å². The zero-order valence-corrected chi connectivity index (χ0v) is 10.7. The molecule has 2 nitrogen and oxygen atoms in total. The van der Waals surface area contributed by atoms with Crippen molar-refractivity contribution in [1.82, 2.24) is 10.3 Å². The molecule has 0 unspecified atom stereocenters. The van der Waals surface area contributed by atoms with Crippen LogP contribution in [0.5, 0.6) is 0 Å². The van der Waals surface area contributed by atoms with Gasteiger partial charge in [-0.3, -0.25) is 4.98 Å². The third-order valence-electron chi connectivity index (χ3n) is 2.91. The molecular formula is C15H17FN2. The van der Waals surface area contributed by atoms with Gasteiger partial charge < -0.3 is 5.32 Å². The molecule has 0 amide bonds. The number of aromatic nitrogens is 1. The van der Waals surface area contributed by atoms with Crippen LogP contribution in [0, 0.1) is 12.7 Å². The van der Waals surface area contributed by atoms with Gasteiger partial charge in [-0.1, -0.05) is 18.2 Å². The number of nitrogens with one attached hydrogen (secondary N) is 1. The van der Waals surface area contributed by atoms with Gasteiger partial charge in [0.1, 0.15) is 5.82 Å². The van der Waals surface area contributed by atoms with E-state index in [1.165, 1.54) is 6.07 Å². The molecule has 0 saturated heterocycles. The van der Waals surface area contributed by atoms with Crippen LogP contribution in [0.1, 0.15) is 29.8 Å². The van der Waals surface area contributed by atoms with Crippen molar-refractivity contribution in [1.29, 1.82) is 0 Å². The monoisotopic (exact) mass is 244 g/mol. The molecule has 0 saturated carbocycles. The molecule has 0 fully saturated rings. The Bertz CT molecular complexity index is 508. The second-order valence-electron chi connectivity index (χ2n) is 4.48. The Kier molecular flexibility index (Phi) is 4.05. The highest BCUT2D eigenvalue weighted by Crippen LogP contribution is 2.13. The molecular weight excluding hydrogens is 227 g/mol. The molecule has 3 heteroatoms. The smallest absolute Gasteiger partial charge is 0.123 e. The van der Waals surface area contributed by atoms with Gasteiger partial charge in [0.2, 0.25) is 0 Å². The standard InChI is InChI=1S/C15H17FN2/c1-11-6-7-15(18-9-11)10-17-12(2)13-4-3-5-14(16)8-13/h3-9,12,17H,10H2,1-2H3/t12-/m0/s1. The predicted octanol–water partition coefficient (Wildman–Crippen LogP) is 3.38. The molecule has 0 radical (unpaired) electrons. The quantitative estimate of drug-likeness (QED) is 0.891. The van der Waals surface area contributed by atoms with E-state index in [-0.39, 0.29) is 11.9 Å². The summed E-state index contributed by atoms with van der Waals surface area (Å²) in [5.41, 5.74) is 3.09. The summed E-state index contributed by atoms with van der Waals surface area (Å²) in [5, 5.41) is 3.33. The third kappa shape index (κ3) is 3.37. The maximum atomic E-state index is 13.1. The van der Waals surface area contributed by atoms with Gasteiger partial charge in [0, 0.05) is 18.8 Å². The minimum Gasteiger partial charge on any atom is -0.305 e. The number of rotatable bonds is 4. The van der Waals surface area contributed by atoms with E-state index in [1.54, 1.807) is 12.1 Å². The van der Waals surface area contributed by atoms with E-state index in [0.29, 0.717) is 6.54 Å². The van der Waals surface area contributed by atoms with Crippen LogP contribution in [0.2, 0.25) is 0 Å². The Morgan fingerprint density at radius 3 is 2.78 bits per heavy atom. The number of hydrogen-bond acceptors (Lipinski definition) is 2. The first-order valence-corrected chi connectivity index (χ1v) is 6.05. The van der Waals surface area contributed by atoms with Crippen LogP contribution >= 0.6 is 0 Å². The summed E-state index contributed by atoms with van der Waals surface area (Å²) in [6, 6.07) is 10.8. The normalized spacial score (nSPS) is 12.4. The minimum absolute atomic E-state index is 0.101. The first-order valence-electron chi connectivity index (χ1n) is 6.05. The average Bonchev–Trinajstić information content (AvgIpc) is 2.38. The summed E-state index contributed by atoms with van der Waals surface area (Å²) in [7, 11) is 0. The van der Waals surface area contributed by atoms with Crippen molar-refractivity contribution in [3.8, 4) is 0 Å². The Morgan fingerprint density at radius 2 is 2.11 bits per heavy atom. The number of benzene rings is 1. The molecule has 0 aliphatic rings. The molecule has 1 aromatic carbocycles. The predicted molar refractivity (Wildman–Crippen MR) is 70.6 cm³/mol. The highest BCUT2D eigenvalue weighted by atomic mass is 19.1. The number of nitrogens with zero attached hydrogens (tertiary/aromatic N) is 1. The molecule has 18 heavy (non-hydrogen) atoms. The van der Waals surface area contributed by atoms with Gasteiger partial charge in [-0.05, 0) is 43.2 Å². The van der Waals surface area contributed by atoms with E-state index in [4.69, 9.17) is 0 Å². The zero-order chi connectivity index (χ0) is 13.0. The van der Waals surface area contributed by atoms with Crippen molar-refractivity contribution in [3.63, 3.8) is 0 Å². The molecule has 0 spiro atoms. The van der Waals surface area contributed by atoms with Gasteiger partial charge in [-0.25, -0.2) is 4.39 Å². The molecule has 0 aliphatic carbocycles. The maximum absolute atomic E-state index is 13.1. The summed E-state index contributed by atoms with van der Waals surface area (Å²) >= 11 is 0. The van der Waals surface area contributed by atoms with Crippen molar-refractivity contribution in [2.75, 3.05) is 0 Å². The number of aryl methyl sites for hydroxylation is 1. The zero-order valence-electron chi connectivity index (χ0n) is 10.7. The fourth-order valence-electron chi connectivity index (χ4n) is 1.75. The first kappa shape index (κ1) is 12.7. The lowest BCUT2D eigenvalue weighted by Gasteiger charge is -2.14. The second-order valence-corrected chi connectivity index (χ2v) is 4.48. The lowest BCUT2D eigenvalue weighted by Crippen LogP contribution is -2.18. The van der Waals surface area contributed by atoms with E-state index >= 15 is 0 Å². The Balaban J connectivity index is 1.96. The Labute approximate surface area is 107 Å². The summed E-state index contributed by atoms with van der Waals surface area (Å²) in [4.78, 5) is 4.32. The van der Waals surface area contributed by atoms with Crippen LogP contribution in [0.15, 0.2) is 42.6 Å². The minimum atomic E-state index is -0.199. The second kappa shape index (κ2) is 5.74. The van der Waals surface area contributed by atoms with Crippen molar-refractivity contribution in [2.45, 2.75) is 26.4 Å². The van der Waals surface area contributed by atoms with Crippen molar-refractivity contribution in [3.05, 3.63) is 65.2 Å². The average molecular weight is 244 g/mol. The highest BCUT2D eigenvalue weighted by molar-refractivity contribution is 5.20. The third-order valence-corrected chi connectivity index (χ3v) is 2.91. The molecule has 1 N–H and O–H groups in total. The van der Waals surface area contributed by atoms with Crippen LogP contribution in [0.3, 0.4) is 0 Å². The molecule has 0 aliphatic heterocycles. The number of hydrogen-bond donors (Lipinski definition) is 1. The molecule has 2 rings (SSSR count). The Hall–Kier alpha value is -1.74. The van der Waals surface area contributed by atoms with E-state index in [0.717, 1.165) is 16.8 Å². The fraction of sp³-hybridized carbons (Fsp3) is 0.267. The largest absolute Gasteiger partial charge is 0.305 e. The van der Waals surface area contributed by atoms with Crippen LogP contribution < -0.4 is 5.32 Å². The van der Waals surface area contributed by atoms with Crippen LogP contribution in [-0.4, -0.2) is 4.98 Å². The van der Waals surface area contributed by atoms with E-state index in [1.807, 2.05) is 38.2 Å².